The summed E-state index contributed by atoms with van der Waals surface area (Å²) < 4.78 is 52.5. The van der Waals surface area contributed by atoms with Crippen molar-refractivity contribution in [3.8, 4) is 0 Å². The molecule has 202 valence electrons. The van der Waals surface area contributed by atoms with Gasteiger partial charge in [-0.2, -0.15) is 8.61 Å². The average molecular weight is 589 g/mol. The summed E-state index contributed by atoms with van der Waals surface area (Å²) in [5, 5.41) is 14.0. The molecule has 37 heavy (non-hydrogen) atoms. The zero-order valence-corrected chi connectivity index (χ0v) is 24.4. The van der Waals surface area contributed by atoms with E-state index in [0.717, 1.165) is 5.70 Å². The molecule has 0 atom stereocenters. The van der Waals surface area contributed by atoms with Gasteiger partial charge in [-0.1, -0.05) is 47.5 Å². The third-order valence-electron chi connectivity index (χ3n) is 5.96. The zero-order chi connectivity index (χ0) is 27.7. The molecule has 0 amide bonds. The van der Waals surface area contributed by atoms with E-state index >= 15 is 0 Å². The van der Waals surface area contributed by atoms with Gasteiger partial charge in [-0.05, 0) is 63.1 Å². The lowest BCUT2D eigenvalue weighted by Crippen LogP contribution is -2.34. The topological polar surface area (TPSA) is 107 Å². The molecule has 0 unspecified atom stereocenters. The monoisotopic (exact) mass is 587 g/mol. The van der Waals surface area contributed by atoms with Gasteiger partial charge in [-0.15, -0.1) is 0 Å². The first-order chi connectivity index (χ1) is 17.2. The number of hydrogen-bond acceptors (Lipinski definition) is 6. The van der Waals surface area contributed by atoms with Crippen LogP contribution in [0.5, 0.6) is 0 Å². The number of aliphatic hydroxyl groups is 1. The summed E-state index contributed by atoms with van der Waals surface area (Å²) in [5.74, 6) is -0.119. The lowest BCUT2D eigenvalue weighted by atomic mass is 10.2. The maximum atomic E-state index is 12.6. The standard InChI is InChI=1S/C13H17ClN2O2S.C12H14ClNO3S/c1-9(2)16-8-12(15-3)13(19(16,17)18)10-4-6-11(14)7-5-10;1-8(2)14-7-11(15)12(18(14,16)17)9-3-5-10(13)6-4-9/h4-7,9,15H,8H2,1-3H3;3-6,8,15H,7H2,1-2H3. The molecule has 2 N–H and O–H groups in total. The fourth-order valence-corrected chi connectivity index (χ4v) is 8.24. The highest BCUT2D eigenvalue weighted by molar-refractivity contribution is 7.99. The van der Waals surface area contributed by atoms with E-state index in [9.17, 15) is 21.9 Å². The Morgan fingerprint density at radius 1 is 0.730 bits per heavy atom. The Kier molecular flexibility index (Phi) is 9.04. The third kappa shape index (κ3) is 6.00. The quantitative estimate of drug-likeness (QED) is 0.515. The second-order valence-corrected chi connectivity index (χ2v) is 13.7. The Morgan fingerprint density at radius 3 is 1.49 bits per heavy atom. The first kappa shape index (κ1) is 29.5. The van der Waals surface area contributed by atoms with Gasteiger partial charge < -0.3 is 10.4 Å². The predicted molar refractivity (Wildman–Crippen MR) is 150 cm³/mol. The van der Waals surface area contributed by atoms with Crippen molar-refractivity contribution in [2.45, 2.75) is 39.8 Å². The highest BCUT2D eigenvalue weighted by atomic mass is 35.5. The number of benzene rings is 2. The van der Waals surface area contributed by atoms with Crippen LogP contribution < -0.4 is 5.32 Å². The molecule has 0 saturated carbocycles. The van der Waals surface area contributed by atoms with Crippen molar-refractivity contribution >= 4 is 53.1 Å². The average Bonchev–Trinajstić information content (AvgIpc) is 3.23. The summed E-state index contributed by atoms with van der Waals surface area (Å²) >= 11 is 11.6. The van der Waals surface area contributed by atoms with Gasteiger partial charge >= 0.3 is 0 Å². The van der Waals surface area contributed by atoms with Gasteiger partial charge in [0.25, 0.3) is 0 Å². The van der Waals surface area contributed by atoms with Crippen molar-refractivity contribution in [1.82, 2.24) is 13.9 Å². The Bertz CT molecular complexity index is 1420. The van der Waals surface area contributed by atoms with Crippen LogP contribution in [0.3, 0.4) is 0 Å². The number of aliphatic hydroxyl groups excluding tert-OH is 1. The molecule has 8 nitrogen and oxygen atoms in total. The minimum Gasteiger partial charge on any atom is -0.509 e. The Balaban J connectivity index is 0.000000206. The van der Waals surface area contributed by atoms with Gasteiger partial charge in [0.1, 0.15) is 15.6 Å². The van der Waals surface area contributed by atoms with E-state index in [1.165, 1.54) is 8.61 Å². The Morgan fingerprint density at radius 2 is 1.11 bits per heavy atom. The lowest BCUT2D eigenvalue weighted by Gasteiger charge is -2.19. The molecular formula is C25H31Cl2N3O5S2. The number of nitrogens with zero attached hydrogens (tertiary/aromatic N) is 2. The smallest absolute Gasteiger partial charge is 0.247 e. The van der Waals surface area contributed by atoms with Crippen LogP contribution in [0.4, 0.5) is 0 Å². The van der Waals surface area contributed by atoms with Gasteiger partial charge in [0, 0.05) is 34.9 Å². The Hall–Kier alpha value is -2.08. The lowest BCUT2D eigenvalue weighted by molar-refractivity contribution is 0.324. The number of hydrogen-bond donors (Lipinski definition) is 2. The van der Waals surface area contributed by atoms with Crippen LogP contribution >= 0.6 is 23.2 Å². The van der Waals surface area contributed by atoms with Crippen molar-refractivity contribution in [3.63, 3.8) is 0 Å². The van der Waals surface area contributed by atoms with Gasteiger partial charge in [-0.25, -0.2) is 16.8 Å². The molecule has 0 aliphatic carbocycles. The highest BCUT2D eigenvalue weighted by Gasteiger charge is 2.40. The summed E-state index contributed by atoms with van der Waals surface area (Å²) in [5.41, 5.74) is 1.84. The van der Waals surface area contributed by atoms with Crippen LogP contribution in [0.1, 0.15) is 38.8 Å². The van der Waals surface area contributed by atoms with Crippen LogP contribution in [-0.4, -0.2) is 62.8 Å². The van der Waals surface area contributed by atoms with E-state index < -0.39 is 20.0 Å². The van der Waals surface area contributed by atoms with E-state index in [0.29, 0.717) is 32.6 Å². The van der Waals surface area contributed by atoms with Crippen molar-refractivity contribution in [3.05, 3.63) is 81.2 Å². The second kappa shape index (κ2) is 11.3. The van der Waals surface area contributed by atoms with Crippen LogP contribution in [0, 0.1) is 0 Å². The van der Waals surface area contributed by atoms with Crippen molar-refractivity contribution in [2.75, 3.05) is 20.1 Å². The van der Waals surface area contributed by atoms with E-state index in [1.54, 1.807) is 69.4 Å². The fourth-order valence-electron chi connectivity index (χ4n) is 4.11. The molecule has 12 heteroatoms. The molecule has 2 aliphatic rings. The number of rotatable bonds is 5. The van der Waals surface area contributed by atoms with Crippen LogP contribution in [-0.2, 0) is 20.0 Å². The normalized spacial score (nSPS) is 19.5. The first-order valence-electron chi connectivity index (χ1n) is 11.6. The molecule has 2 heterocycles. The highest BCUT2D eigenvalue weighted by Crippen LogP contribution is 2.36. The van der Waals surface area contributed by atoms with E-state index in [1.807, 2.05) is 13.8 Å². The van der Waals surface area contributed by atoms with Crippen molar-refractivity contribution in [2.24, 2.45) is 0 Å². The zero-order valence-electron chi connectivity index (χ0n) is 21.2. The van der Waals surface area contributed by atoms with Gasteiger partial charge in [-0.3, -0.25) is 0 Å². The van der Waals surface area contributed by atoms with Crippen LogP contribution in [0.15, 0.2) is 60.0 Å². The van der Waals surface area contributed by atoms with Gasteiger partial charge in [0.2, 0.25) is 20.0 Å². The van der Waals surface area contributed by atoms with Gasteiger partial charge in [0.05, 0.1) is 13.1 Å². The predicted octanol–water partition coefficient (Wildman–Crippen LogP) is 4.90. The first-order valence-corrected chi connectivity index (χ1v) is 15.2. The summed E-state index contributed by atoms with van der Waals surface area (Å²) in [4.78, 5) is 0.327. The van der Waals surface area contributed by atoms with E-state index in [2.05, 4.69) is 5.32 Å². The number of sulfonamides is 2. The molecule has 0 aromatic heterocycles. The van der Waals surface area contributed by atoms with Crippen molar-refractivity contribution < 1.29 is 21.9 Å². The van der Waals surface area contributed by atoms with E-state index in [4.69, 9.17) is 23.2 Å². The molecule has 0 radical (unpaired) electrons. The van der Waals surface area contributed by atoms with Crippen molar-refractivity contribution in [1.29, 1.82) is 0 Å². The number of likely N-dealkylation sites (N-methyl/N-ethyl adjacent to an activating group) is 1. The molecule has 0 spiro atoms. The maximum absolute atomic E-state index is 12.6. The SMILES string of the molecule is CC(C)N1CC(O)=C(c2ccc(Cl)cc2)S1(=O)=O.CNC1=C(c2ccc(Cl)cc2)S(=O)(=O)N(C(C)C)C1. The summed E-state index contributed by atoms with van der Waals surface area (Å²) in [6, 6.07) is 13.0. The molecule has 2 aliphatic heterocycles. The van der Waals surface area contributed by atoms with Crippen LogP contribution in [0.2, 0.25) is 10.0 Å². The maximum Gasteiger partial charge on any atom is 0.247 e. The minimum atomic E-state index is -3.62. The van der Waals surface area contributed by atoms with Crippen LogP contribution in [0.25, 0.3) is 9.81 Å². The fraction of sp³-hybridized carbons (Fsp3) is 0.360. The number of halogens is 2. The Labute approximate surface area is 229 Å². The molecule has 2 aromatic rings. The second-order valence-electron chi connectivity index (χ2n) is 9.14. The molecule has 4 rings (SSSR count). The molecule has 0 fully saturated rings. The van der Waals surface area contributed by atoms with Gasteiger partial charge in [0.15, 0.2) is 0 Å². The molecular weight excluding hydrogens is 557 g/mol. The molecule has 0 bridgehead atoms. The molecule has 2 aromatic carbocycles. The largest absolute Gasteiger partial charge is 0.509 e. The minimum absolute atomic E-state index is 0.0205. The van der Waals surface area contributed by atoms with E-state index in [-0.39, 0.29) is 29.3 Å². The summed E-state index contributed by atoms with van der Waals surface area (Å²) in [6.45, 7) is 7.70. The summed E-state index contributed by atoms with van der Waals surface area (Å²) in [7, 11) is -5.33. The molecule has 0 saturated heterocycles. The third-order valence-corrected chi connectivity index (χ3v) is 10.8. The summed E-state index contributed by atoms with van der Waals surface area (Å²) in [6.07, 6.45) is 0. The number of nitrogens with one attached hydrogen (secondary N) is 1.